The molecule has 0 aliphatic carbocycles. The molecule has 0 amide bonds. The first kappa shape index (κ1) is 6.61. The minimum atomic E-state index is 1.58. The van der Waals surface area contributed by atoms with Gasteiger partial charge in [-0.15, -0.1) is 10.2 Å². The molecule has 1 heterocycles. The normalized spacial score (nSPS) is 8.00. The van der Waals surface area contributed by atoms with Gasteiger partial charge < -0.3 is 0 Å². The summed E-state index contributed by atoms with van der Waals surface area (Å²) in [6.07, 6.45) is 3.15. The first-order valence-electron chi connectivity index (χ1n) is 2.92. The molecule has 0 saturated carbocycles. The second kappa shape index (κ2) is 4.38. The van der Waals surface area contributed by atoms with E-state index >= 15 is 0 Å². The minimum Gasteiger partial charge on any atom is -0.139 e. The fourth-order valence-corrected chi connectivity index (χ4v) is 0.458. The fourth-order valence-electron chi connectivity index (χ4n) is 0.458. The third-order valence-corrected chi connectivity index (χ3v) is 0.853. The van der Waals surface area contributed by atoms with Gasteiger partial charge in [-0.05, 0) is 17.3 Å². The number of nitrogens with zero attached hydrogens (tertiary/aromatic N) is 3. The van der Waals surface area contributed by atoms with Crippen LogP contribution in [0.5, 0.6) is 0 Å². The summed E-state index contributed by atoms with van der Waals surface area (Å²) >= 11 is 0. The largest absolute Gasteiger partial charge is 0.139 e. The van der Waals surface area contributed by atoms with Crippen LogP contribution >= 0.6 is 0 Å². The standard InChI is InChI=1S/C7H7N3/c1-2-4-6-8-10-9-7-5-3-1/h1-7H. The molecule has 0 N–H and O–H groups in total. The lowest BCUT2D eigenvalue weighted by atomic mass is 10.5. The van der Waals surface area contributed by atoms with Gasteiger partial charge in [-0.2, -0.15) is 0 Å². The van der Waals surface area contributed by atoms with Gasteiger partial charge in [-0.1, -0.05) is 18.2 Å². The molecular weight excluding hydrogens is 126 g/mol. The van der Waals surface area contributed by atoms with E-state index in [2.05, 4.69) is 15.4 Å². The van der Waals surface area contributed by atoms with Crippen LogP contribution in [0.1, 0.15) is 0 Å². The third-order valence-electron chi connectivity index (χ3n) is 0.853. The molecule has 0 radical (unpaired) electrons. The summed E-state index contributed by atoms with van der Waals surface area (Å²) < 4.78 is 0. The maximum atomic E-state index is 3.59. The summed E-state index contributed by atoms with van der Waals surface area (Å²) in [5.41, 5.74) is 0. The summed E-state index contributed by atoms with van der Waals surface area (Å²) in [6, 6.07) is 9.20. The van der Waals surface area contributed by atoms with Gasteiger partial charge in [-0.25, -0.2) is 0 Å². The van der Waals surface area contributed by atoms with Crippen molar-refractivity contribution >= 4 is 0 Å². The zero-order valence-electron chi connectivity index (χ0n) is 5.38. The van der Waals surface area contributed by atoms with Crippen LogP contribution in [0.15, 0.2) is 42.7 Å². The Morgan fingerprint density at radius 1 is 0.600 bits per heavy atom. The zero-order valence-corrected chi connectivity index (χ0v) is 5.38. The molecule has 0 spiro atoms. The van der Waals surface area contributed by atoms with Crippen molar-refractivity contribution in [1.82, 2.24) is 15.4 Å². The van der Waals surface area contributed by atoms with Crippen LogP contribution in [0.4, 0.5) is 0 Å². The van der Waals surface area contributed by atoms with Crippen molar-refractivity contribution in [2.24, 2.45) is 0 Å². The van der Waals surface area contributed by atoms with E-state index in [0.29, 0.717) is 0 Å². The Morgan fingerprint density at radius 3 is 1.70 bits per heavy atom. The second-order valence-electron chi connectivity index (χ2n) is 1.58. The molecule has 1 rings (SSSR count). The summed E-state index contributed by atoms with van der Waals surface area (Å²) in [7, 11) is 0. The lowest BCUT2D eigenvalue weighted by Gasteiger charge is -1.68. The number of hydrogen-bond donors (Lipinski definition) is 0. The van der Waals surface area contributed by atoms with Crippen LogP contribution in [-0.4, -0.2) is 15.4 Å². The predicted molar refractivity (Wildman–Crippen MR) is 37.5 cm³/mol. The monoisotopic (exact) mass is 133 g/mol. The molecule has 0 atom stereocenters. The average Bonchev–Trinajstić information content (AvgIpc) is 2.01. The summed E-state index contributed by atoms with van der Waals surface area (Å²) in [4.78, 5) is 0. The van der Waals surface area contributed by atoms with Crippen LogP contribution in [0, 0.1) is 0 Å². The summed E-state index contributed by atoms with van der Waals surface area (Å²) in [5, 5.41) is 10.6. The van der Waals surface area contributed by atoms with Crippen molar-refractivity contribution in [3.05, 3.63) is 42.7 Å². The second-order valence-corrected chi connectivity index (χ2v) is 1.58. The van der Waals surface area contributed by atoms with Gasteiger partial charge in [0.15, 0.2) is 0 Å². The Hall–Kier alpha value is -1.51. The van der Waals surface area contributed by atoms with Crippen LogP contribution in [0.25, 0.3) is 0 Å². The Labute approximate surface area is 59.1 Å². The first-order chi connectivity index (χ1) is 5.00. The Balaban J connectivity index is 3.00. The Morgan fingerprint density at radius 2 is 1.10 bits per heavy atom. The quantitative estimate of drug-likeness (QED) is 0.529. The molecule has 0 bridgehead atoms. The Kier molecular flexibility index (Phi) is 2.89. The van der Waals surface area contributed by atoms with Crippen LogP contribution in [0.2, 0.25) is 0 Å². The molecule has 0 saturated heterocycles. The fraction of sp³-hybridized carbons (Fsp3) is 0. The average molecular weight is 133 g/mol. The SMILES string of the molecule is c1cccnnnccc1. The van der Waals surface area contributed by atoms with E-state index in [9.17, 15) is 0 Å². The van der Waals surface area contributed by atoms with Crippen molar-refractivity contribution < 1.29 is 0 Å². The molecule has 0 aliphatic rings. The molecule has 0 unspecified atom stereocenters. The molecule has 3 heteroatoms. The van der Waals surface area contributed by atoms with E-state index < -0.39 is 0 Å². The van der Waals surface area contributed by atoms with E-state index in [4.69, 9.17) is 0 Å². The van der Waals surface area contributed by atoms with Crippen LogP contribution < -0.4 is 0 Å². The molecule has 0 aromatic carbocycles. The molecule has 1 aromatic rings. The van der Waals surface area contributed by atoms with Gasteiger partial charge in [-0.3, -0.25) is 0 Å². The van der Waals surface area contributed by atoms with Crippen molar-refractivity contribution in [2.75, 3.05) is 0 Å². The van der Waals surface area contributed by atoms with Crippen molar-refractivity contribution in [2.45, 2.75) is 0 Å². The maximum absolute atomic E-state index is 3.59. The first-order valence-corrected chi connectivity index (χ1v) is 2.92. The van der Waals surface area contributed by atoms with Gasteiger partial charge >= 0.3 is 0 Å². The number of hydrogen-bond acceptors (Lipinski definition) is 3. The lowest BCUT2D eigenvalue weighted by Crippen LogP contribution is -1.74. The van der Waals surface area contributed by atoms with Gasteiger partial charge in [0.05, 0.1) is 12.4 Å². The highest BCUT2D eigenvalue weighted by Crippen LogP contribution is 1.72. The topological polar surface area (TPSA) is 38.7 Å². The zero-order chi connectivity index (χ0) is 7.07. The molecule has 1 aromatic heterocycles. The van der Waals surface area contributed by atoms with Gasteiger partial charge in [0, 0.05) is 0 Å². The molecular formula is C7H7N3. The highest BCUT2D eigenvalue weighted by atomic mass is 15.3. The third kappa shape index (κ3) is 2.71. The Bertz CT molecular complexity index is 148. The number of aromatic nitrogens is 3. The molecule has 50 valence electrons. The van der Waals surface area contributed by atoms with E-state index in [1.165, 1.54) is 0 Å². The van der Waals surface area contributed by atoms with E-state index in [1.807, 2.05) is 18.2 Å². The number of rotatable bonds is 0. The van der Waals surface area contributed by atoms with Crippen LogP contribution in [0.3, 0.4) is 0 Å². The van der Waals surface area contributed by atoms with Gasteiger partial charge in [0.2, 0.25) is 0 Å². The predicted octanol–water partition coefficient (Wildman–Crippen LogP) is 0.996. The van der Waals surface area contributed by atoms with E-state index in [0.717, 1.165) is 0 Å². The van der Waals surface area contributed by atoms with Gasteiger partial charge in [0.25, 0.3) is 0 Å². The molecule has 3 nitrogen and oxygen atoms in total. The molecule has 0 fully saturated rings. The summed E-state index contributed by atoms with van der Waals surface area (Å²) in [5.74, 6) is 0. The van der Waals surface area contributed by atoms with E-state index in [-0.39, 0.29) is 0 Å². The van der Waals surface area contributed by atoms with Gasteiger partial charge in [0.1, 0.15) is 0 Å². The minimum absolute atomic E-state index is 1.58. The highest BCUT2D eigenvalue weighted by Gasteiger charge is 1.59. The highest BCUT2D eigenvalue weighted by molar-refractivity contribution is 4.89. The molecule has 0 aliphatic heterocycles. The lowest BCUT2D eigenvalue weighted by molar-refractivity contribution is 0.883. The van der Waals surface area contributed by atoms with Crippen molar-refractivity contribution in [1.29, 1.82) is 0 Å². The van der Waals surface area contributed by atoms with Crippen LogP contribution in [-0.2, 0) is 0 Å². The van der Waals surface area contributed by atoms with Crippen molar-refractivity contribution in [3.8, 4) is 0 Å². The van der Waals surface area contributed by atoms with E-state index in [1.54, 1.807) is 24.5 Å². The maximum Gasteiger partial charge on any atom is 0.0513 e. The van der Waals surface area contributed by atoms with Crippen molar-refractivity contribution in [3.63, 3.8) is 0 Å². The smallest absolute Gasteiger partial charge is 0.0513 e. The summed E-state index contributed by atoms with van der Waals surface area (Å²) in [6.45, 7) is 0. The molecule has 10 heavy (non-hydrogen) atoms.